The standard InChI is InChI=1S/C14H10Cl2O3/c1-7(2)14(18)19-13-9-4-3-8(15)5-10(9)12(17)6-11(13)16/h3-6,17H,1H2,2H3. The second-order valence-corrected chi connectivity index (χ2v) is 4.91. The van der Waals surface area contributed by atoms with Gasteiger partial charge in [0.25, 0.3) is 0 Å². The van der Waals surface area contributed by atoms with Crippen LogP contribution in [0.5, 0.6) is 11.5 Å². The van der Waals surface area contributed by atoms with Crippen LogP contribution in [-0.4, -0.2) is 11.1 Å². The Hall–Kier alpha value is -1.71. The van der Waals surface area contributed by atoms with Gasteiger partial charge in [0, 0.05) is 27.4 Å². The van der Waals surface area contributed by atoms with E-state index in [1.165, 1.54) is 13.0 Å². The molecule has 0 aliphatic heterocycles. The van der Waals surface area contributed by atoms with Crippen LogP contribution in [0, 0.1) is 0 Å². The van der Waals surface area contributed by atoms with E-state index < -0.39 is 5.97 Å². The maximum atomic E-state index is 11.6. The molecule has 0 saturated heterocycles. The Morgan fingerprint density at radius 1 is 1.26 bits per heavy atom. The van der Waals surface area contributed by atoms with Crippen molar-refractivity contribution < 1.29 is 14.6 Å². The highest BCUT2D eigenvalue weighted by Crippen LogP contribution is 2.40. The van der Waals surface area contributed by atoms with Gasteiger partial charge in [0.1, 0.15) is 5.75 Å². The third kappa shape index (κ3) is 2.67. The van der Waals surface area contributed by atoms with Gasteiger partial charge in [-0.1, -0.05) is 29.8 Å². The zero-order chi connectivity index (χ0) is 14.2. The Morgan fingerprint density at radius 2 is 1.95 bits per heavy atom. The van der Waals surface area contributed by atoms with Gasteiger partial charge < -0.3 is 9.84 Å². The maximum Gasteiger partial charge on any atom is 0.338 e. The van der Waals surface area contributed by atoms with Crippen LogP contribution in [0.2, 0.25) is 10.0 Å². The Kier molecular flexibility index (Phi) is 3.69. The molecule has 19 heavy (non-hydrogen) atoms. The van der Waals surface area contributed by atoms with Gasteiger partial charge in [-0.05, 0) is 25.1 Å². The normalized spacial score (nSPS) is 10.5. The molecule has 0 unspecified atom stereocenters. The summed E-state index contributed by atoms with van der Waals surface area (Å²) in [6.07, 6.45) is 0. The largest absolute Gasteiger partial charge is 0.507 e. The first-order chi connectivity index (χ1) is 8.90. The average molecular weight is 297 g/mol. The Labute approximate surface area is 120 Å². The second-order valence-electron chi connectivity index (χ2n) is 4.07. The number of hydrogen-bond donors (Lipinski definition) is 1. The molecular formula is C14H10Cl2O3. The molecule has 3 nitrogen and oxygen atoms in total. The van der Waals surface area contributed by atoms with E-state index in [-0.39, 0.29) is 22.1 Å². The summed E-state index contributed by atoms with van der Waals surface area (Å²) in [5, 5.41) is 11.4. The lowest BCUT2D eigenvalue weighted by Crippen LogP contribution is -2.08. The summed E-state index contributed by atoms with van der Waals surface area (Å²) in [5.41, 5.74) is 0.256. The number of esters is 1. The fourth-order valence-electron chi connectivity index (χ4n) is 1.60. The van der Waals surface area contributed by atoms with E-state index in [0.717, 1.165) is 0 Å². The summed E-state index contributed by atoms with van der Waals surface area (Å²) in [6, 6.07) is 6.13. The van der Waals surface area contributed by atoms with E-state index in [2.05, 4.69) is 6.58 Å². The number of fused-ring (bicyclic) bond motifs is 1. The highest BCUT2D eigenvalue weighted by molar-refractivity contribution is 6.34. The van der Waals surface area contributed by atoms with Crippen molar-refractivity contribution in [3.8, 4) is 11.5 Å². The van der Waals surface area contributed by atoms with Crippen molar-refractivity contribution in [2.45, 2.75) is 6.92 Å². The Balaban J connectivity index is 2.66. The minimum atomic E-state index is -0.580. The van der Waals surface area contributed by atoms with Gasteiger partial charge in [0.15, 0.2) is 5.75 Å². The number of rotatable bonds is 2. The number of halogens is 2. The van der Waals surface area contributed by atoms with Gasteiger partial charge in [0.05, 0.1) is 5.02 Å². The average Bonchev–Trinajstić information content (AvgIpc) is 2.34. The quantitative estimate of drug-likeness (QED) is 0.509. The van der Waals surface area contributed by atoms with E-state index in [0.29, 0.717) is 15.8 Å². The molecule has 0 radical (unpaired) electrons. The number of carbonyl (C=O) groups is 1. The molecule has 0 aromatic heterocycles. The van der Waals surface area contributed by atoms with Crippen LogP contribution in [0.3, 0.4) is 0 Å². The van der Waals surface area contributed by atoms with E-state index in [1.54, 1.807) is 18.2 Å². The molecule has 0 atom stereocenters. The summed E-state index contributed by atoms with van der Waals surface area (Å²) in [4.78, 5) is 11.6. The first kappa shape index (κ1) is 13.7. The van der Waals surface area contributed by atoms with Crippen molar-refractivity contribution in [3.05, 3.63) is 46.5 Å². The van der Waals surface area contributed by atoms with Crippen molar-refractivity contribution in [1.29, 1.82) is 0 Å². The minimum Gasteiger partial charge on any atom is -0.507 e. The first-order valence-corrected chi connectivity index (χ1v) is 6.14. The second kappa shape index (κ2) is 5.11. The van der Waals surface area contributed by atoms with Gasteiger partial charge in [-0.15, -0.1) is 0 Å². The van der Waals surface area contributed by atoms with Crippen LogP contribution in [-0.2, 0) is 4.79 Å². The molecule has 0 saturated carbocycles. The topological polar surface area (TPSA) is 46.5 Å². The monoisotopic (exact) mass is 296 g/mol. The molecule has 0 aliphatic carbocycles. The van der Waals surface area contributed by atoms with Crippen molar-refractivity contribution in [2.24, 2.45) is 0 Å². The molecule has 0 heterocycles. The predicted molar refractivity (Wildman–Crippen MR) is 76.1 cm³/mol. The molecule has 0 amide bonds. The molecule has 0 bridgehead atoms. The van der Waals surface area contributed by atoms with Gasteiger partial charge in [-0.25, -0.2) is 4.79 Å². The van der Waals surface area contributed by atoms with Crippen LogP contribution in [0.15, 0.2) is 36.4 Å². The van der Waals surface area contributed by atoms with Crippen LogP contribution in [0.25, 0.3) is 10.8 Å². The highest BCUT2D eigenvalue weighted by atomic mass is 35.5. The maximum absolute atomic E-state index is 11.6. The van der Waals surface area contributed by atoms with Gasteiger partial charge >= 0.3 is 5.97 Å². The van der Waals surface area contributed by atoms with Crippen LogP contribution >= 0.6 is 23.2 Å². The SMILES string of the molecule is C=C(C)C(=O)Oc1c(Cl)cc(O)c2cc(Cl)ccc12. The zero-order valence-corrected chi connectivity index (χ0v) is 11.5. The number of phenolic OH excluding ortho intramolecular Hbond substituents is 1. The number of aromatic hydroxyl groups is 1. The predicted octanol–water partition coefficient (Wildman–Crippen LogP) is 4.33. The van der Waals surface area contributed by atoms with Gasteiger partial charge in [-0.3, -0.25) is 0 Å². The molecule has 5 heteroatoms. The summed E-state index contributed by atoms with van der Waals surface area (Å²) >= 11 is 11.9. The van der Waals surface area contributed by atoms with Gasteiger partial charge in [0.2, 0.25) is 0 Å². The molecule has 2 aromatic carbocycles. The van der Waals surface area contributed by atoms with Crippen molar-refractivity contribution in [2.75, 3.05) is 0 Å². The summed E-state index contributed by atoms with van der Waals surface area (Å²) in [5.74, 6) is -0.430. The highest BCUT2D eigenvalue weighted by Gasteiger charge is 2.16. The van der Waals surface area contributed by atoms with E-state index in [1.807, 2.05) is 0 Å². The van der Waals surface area contributed by atoms with Crippen molar-refractivity contribution >= 4 is 39.9 Å². The molecular weight excluding hydrogens is 287 g/mol. The van der Waals surface area contributed by atoms with Gasteiger partial charge in [-0.2, -0.15) is 0 Å². The van der Waals surface area contributed by atoms with Crippen LogP contribution in [0.4, 0.5) is 0 Å². The van der Waals surface area contributed by atoms with E-state index in [4.69, 9.17) is 27.9 Å². The van der Waals surface area contributed by atoms with Crippen LogP contribution in [0.1, 0.15) is 6.92 Å². The molecule has 1 N–H and O–H groups in total. The van der Waals surface area contributed by atoms with Crippen molar-refractivity contribution in [1.82, 2.24) is 0 Å². The number of benzene rings is 2. The van der Waals surface area contributed by atoms with E-state index in [9.17, 15) is 9.90 Å². The molecule has 98 valence electrons. The summed E-state index contributed by atoms with van der Waals surface area (Å²) < 4.78 is 5.19. The number of ether oxygens (including phenoxy) is 1. The fourth-order valence-corrected chi connectivity index (χ4v) is 2.02. The lowest BCUT2D eigenvalue weighted by atomic mass is 10.1. The number of carbonyl (C=O) groups excluding carboxylic acids is 1. The minimum absolute atomic E-state index is 0.0300. The van der Waals surface area contributed by atoms with E-state index >= 15 is 0 Å². The Morgan fingerprint density at radius 3 is 2.58 bits per heavy atom. The third-order valence-corrected chi connectivity index (χ3v) is 3.04. The molecule has 0 spiro atoms. The Bertz CT molecular complexity index is 693. The first-order valence-electron chi connectivity index (χ1n) is 5.38. The summed E-state index contributed by atoms with van der Waals surface area (Å²) in [6.45, 7) is 5.04. The summed E-state index contributed by atoms with van der Waals surface area (Å²) in [7, 11) is 0. The smallest absolute Gasteiger partial charge is 0.338 e. The van der Waals surface area contributed by atoms with Crippen molar-refractivity contribution in [3.63, 3.8) is 0 Å². The lowest BCUT2D eigenvalue weighted by molar-refractivity contribution is -0.129. The third-order valence-electron chi connectivity index (χ3n) is 2.53. The molecule has 2 rings (SSSR count). The molecule has 0 aliphatic rings. The molecule has 2 aromatic rings. The zero-order valence-electron chi connectivity index (χ0n) is 10.0. The number of phenols is 1. The number of hydrogen-bond acceptors (Lipinski definition) is 3. The molecule has 0 fully saturated rings. The van der Waals surface area contributed by atoms with Crippen LogP contribution < -0.4 is 4.74 Å². The lowest BCUT2D eigenvalue weighted by Gasteiger charge is -2.11. The fraction of sp³-hybridized carbons (Fsp3) is 0.0714.